The summed E-state index contributed by atoms with van der Waals surface area (Å²) in [6, 6.07) is 11.4. The van der Waals surface area contributed by atoms with Crippen molar-refractivity contribution in [3.05, 3.63) is 54.5 Å². The topological polar surface area (TPSA) is 77.3 Å². The van der Waals surface area contributed by atoms with Gasteiger partial charge in [0.2, 0.25) is 0 Å². The number of anilines is 2. The van der Waals surface area contributed by atoms with Gasteiger partial charge in [0, 0.05) is 67.4 Å². The first-order valence-electron chi connectivity index (χ1n) is 12.7. The van der Waals surface area contributed by atoms with E-state index in [4.69, 9.17) is 14.5 Å². The Balaban J connectivity index is 1.72. The Kier molecular flexibility index (Phi) is 8.41. The van der Waals surface area contributed by atoms with Crippen LogP contribution in [0.1, 0.15) is 26.0 Å². The highest BCUT2D eigenvalue weighted by atomic mass is 19.3. The van der Waals surface area contributed by atoms with E-state index >= 15 is 0 Å². The van der Waals surface area contributed by atoms with Crippen LogP contribution >= 0.6 is 0 Å². The van der Waals surface area contributed by atoms with Gasteiger partial charge in [0.15, 0.2) is 0 Å². The van der Waals surface area contributed by atoms with E-state index in [0.717, 1.165) is 45.8 Å². The molecule has 0 saturated carbocycles. The molecule has 2 aromatic heterocycles. The standard InChI is InChI=1S/C28H34F2N6O2/c1-6-27-23(16-33-35(27)3)26-17-32-24-9-8-19(14-25(24)34-26)36(11-10-31-18-28(29,30)7-2)20-12-21(37-4)15-22(13-20)38-5/h8-9,12-17,31H,6-7,10-11,18H2,1-5H3. The molecular formula is C28H34F2N6O2. The van der Waals surface area contributed by atoms with E-state index < -0.39 is 5.92 Å². The van der Waals surface area contributed by atoms with Crippen LogP contribution in [-0.2, 0) is 13.5 Å². The molecule has 1 N–H and O–H groups in total. The smallest absolute Gasteiger partial charge is 0.260 e. The zero-order valence-electron chi connectivity index (χ0n) is 22.5. The third-order valence-electron chi connectivity index (χ3n) is 6.57. The second-order valence-electron chi connectivity index (χ2n) is 9.02. The van der Waals surface area contributed by atoms with E-state index in [2.05, 4.69) is 22.3 Å². The molecule has 38 heavy (non-hydrogen) atoms. The number of benzene rings is 2. The van der Waals surface area contributed by atoms with Crippen molar-refractivity contribution >= 4 is 22.4 Å². The van der Waals surface area contributed by atoms with Gasteiger partial charge < -0.3 is 19.7 Å². The average molecular weight is 525 g/mol. The molecule has 4 rings (SSSR count). The molecule has 0 aliphatic heterocycles. The molecule has 4 aromatic rings. The minimum atomic E-state index is -2.75. The number of aryl methyl sites for hydroxylation is 1. The number of rotatable bonds is 12. The van der Waals surface area contributed by atoms with Crippen molar-refractivity contribution in [3.8, 4) is 22.8 Å². The van der Waals surface area contributed by atoms with Crippen LogP contribution in [0.15, 0.2) is 48.8 Å². The predicted molar refractivity (Wildman–Crippen MR) is 146 cm³/mol. The quantitative estimate of drug-likeness (QED) is 0.249. The number of aromatic nitrogens is 4. The van der Waals surface area contributed by atoms with Gasteiger partial charge in [0.25, 0.3) is 5.92 Å². The van der Waals surface area contributed by atoms with Gasteiger partial charge in [0.05, 0.1) is 49.9 Å². The monoisotopic (exact) mass is 524 g/mol. The van der Waals surface area contributed by atoms with E-state index in [1.54, 1.807) is 26.5 Å². The number of alkyl halides is 2. The molecule has 8 nitrogen and oxygen atoms in total. The fourth-order valence-electron chi connectivity index (χ4n) is 4.34. The van der Waals surface area contributed by atoms with Crippen molar-refractivity contribution in [2.24, 2.45) is 7.05 Å². The van der Waals surface area contributed by atoms with Crippen LogP contribution < -0.4 is 19.7 Å². The highest BCUT2D eigenvalue weighted by Gasteiger charge is 2.25. The van der Waals surface area contributed by atoms with Crippen LogP contribution in [0, 0.1) is 0 Å². The summed E-state index contributed by atoms with van der Waals surface area (Å²) in [7, 11) is 5.10. The summed E-state index contributed by atoms with van der Waals surface area (Å²) in [4.78, 5) is 11.6. The summed E-state index contributed by atoms with van der Waals surface area (Å²) in [5.41, 5.74) is 5.89. The number of hydrogen-bond donors (Lipinski definition) is 1. The third-order valence-corrected chi connectivity index (χ3v) is 6.57. The zero-order chi connectivity index (χ0) is 27.3. The van der Waals surface area contributed by atoms with Gasteiger partial charge in [-0.15, -0.1) is 0 Å². The SMILES string of the molecule is CCc1c(-c2cnc3ccc(N(CCNCC(F)(F)CC)c4cc(OC)cc(OC)c4)cc3n2)cnn1C. The Morgan fingerprint density at radius 3 is 2.37 bits per heavy atom. The average Bonchev–Trinajstić information content (AvgIpc) is 3.32. The van der Waals surface area contributed by atoms with Gasteiger partial charge in [-0.1, -0.05) is 13.8 Å². The second-order valence-corrected chi connectivity index (χ2v) is 9.02. The Morgan fingerprint density at radius 2 is 1.71 bits per heavy atom. The predicted octanol–water partition coefficient (Wildman–Crippen LogP) is 5.38. The molecule has 0 unspecified atom stereocenters. The van der Waals surface area contributed by atoms with Gasteiger partial charge in [-0.25, -0.2) is 13.8 Å². The van der Waals surface area contributed by atoms with E-state index in [0.29, 0.717) is 24.6 Å². The van der Waals surface area contributed by atoms with Crippen LogP contribution in [0.5, 0.6) is 11.5 Å². The Labute approximate surface area is 221 Å². The first-order valence-corrected chi connectivity index (χ1v) is 12.7. The van der Waals surface area contributed by atoms with Crippen molar-refractivity contribution in [1.82, 2.24) is 25.1 Å². The van der Waals surface area contributed by atoms with E-state index in [9.17, 15) is 8.78 Å². The van der Waals surface area contributed by atoms with Crippen LogP contribution in [0.3, 0.4) is 0 Å². The van der Waals surface area contributed by atoms with Gasteiger partial charge >= 0.3 is 0 Å². The second kappa shape index (κ2) is 11.7. The summed E-state index contributed by atoms with van der Waals surface area (Å²) in [5, 5.41) is 7.28. The molecule has 0 atom stereocenters. The molecule has 202 valence electrons. The lowest BCUT2D eigenvalue weighted by Gasteiger charge is -2.27. The molecule has 0 bridgehead atoms. The van der Waals surface area contributed by atoms with Gasteiger partial charge in [-0.3, -0.25) is 9.67 Å². The molecule has 0 spiro atoms. The summed E-state index contributed by atoms with van der Waals surface area (Å²) >= 11 is 0. The molecule has 0 amide bonds. The first-order chi connectivity index (χ1) is 18.3. The third kappa shape index (κ3) is 6.02. The number of methoxy groups -OCH3 is 2. The minimum Gasteiger partial charge on any atom is -0.497 e. The highest BCUT2D eigenvalue weighted by Crippen LogP contribution is 2.34. The van der Waals surface area contributed by atoms with E-state index in [1.807, 2.05) is 53.2 Å². The van der Waals surface area contributed by atoms with Crippen LogP contribution in [-0.4, -0.2) is 59.5 Å². The Morgan fingerprint density at radius 1 is 0.974 bits per heavy atom. The number of nitrogens with one attached hydrogen (secondary N) is 1. The molecule has 10 heteroatoms. The van der Waals surface area contributed by atoms with Gasteiger partial charge in [0.1, 0.15) is 11.5 Å². The number of halogens is 2. The van der Waals surface area contributed by atoms with E-state index in [-0.39, 0.29) is 13.0 Å². The minimum absolute atomic E-state index is 0.209. The maximum absolute atomic E-state index is 13.8. The molecule has 0 radical (unpaired) electrons. The lowest BCUT2D eigenvalue weighted by Crippen LogP contribution is -2.36. The number of hydrogen-bond acceptors (Lipinski definition) is 7. The summed E-state index contributed by atoms with van der Waals surface area (Å²) < 4.78 is 40.4. The van der Waals surface area contributed by atoms with Crippen molar-refractivity contribution in [2.45, 2.75) is 32.6 Å². The van der Waals surface area contributed by atoms with Crippen molar-refractivity contribution in [3.63, 3.8) is 0 Å². The maximum Gasteiger partial charge on any atom is 0.260 e. The molecule has 0 fully saturated rings. The van der Waals surface area contributed by atoms with Crippen LogP contribution in [0.2, 0.25) is 0 Å². The van der Waals surface area contributed by atoms with Crippen molar-refractivity contribution < 1.29 is 18.3 Å². The summed E-state index contributed by atoms with van der Waals surface area (Å²) in [5.74, 6) is -1.49. The summed E-state index contributed by atoms with van der Waals surface area (Å²) in [6.45, 7) is 3.95. The molecule has 2 heterocycles. The molecule has 0 aliphatic rings. The maximum atomic E-state index is 13.8. The molecular weight excluding hydrogens is 490 g/mol. The summed E-state index contributed by atoms with van der Waals surface area (Å²) in [6.07, 6.45) is 4.19. The highest BCUT2D eigenvalue weighted by molar-refractivity contribution is 5.83. The molecule has 0 aliphatic carbocycles. The van der Waals surface area contributed by atoms with E-state index in [1.165, 1.54) is 6.92 Å². The first kappa shape index (κ1) is 27.3. The lowest BCUT2D eigenvalue weighted by atomic mass is 10.1. The number of ether oxygens (including phenoxy) is 2. The normalized spacial score (nSPS) is 11.7. The Hall–Kier alpha value is -3.79. The molecule has 0 saturated heterocycles. The fraction of sp³-hybridized carbons (Fsp3) is 0.393. The van der Waals surface area contributed by atoms with Crippen LogP contribution in [0.25, 0.3) is 22.3 Å². The lowest BCUT2D eigenvalue weighted by molar-refractivity contribution is -0.00118. The van der Waals surface area contributed by atoms with Crippen molar-refractivity contribution in [1.29, 1.82) is 0 Å². The Bertz CT molecular complexity index is 1370. The zero-order valence-corrected chi connectivity index (χ0v) is 22.5. The fourth-order valence-corrected chi connectivity index (χ4v) is 4.34. The molecule has 2 aromatic carbocycles. The number of fused-ring (bicyclic) bond motifs is 1. The van der Waals surface area contributed by atoms with Gasteiger partial charge in [-0.05, 0) is 24.6 Å². The largest absolute Gasteiger partial charge is 0.497 e. The van der Waals surface area contributed by atoms with Crippen LogP contribution in [0.4, 0.5) is 20.2 Å². The van der Waals surface area contributed by atoms with Crippen molar-refractivity contribution in [2.75, 3.05) is 38.8 Å². The number of nitrogens with zero attached hydrogens (tertiary/aromatic N) is 5. The van der Waals surface area contributed by atoms with Gasteiger partial charge in [-0.2, -0.15) is 5.10 Å².